The van der Waals surface area contributed by atoms with E-state index < -0.39 is 0 Å². The van der Waals surface area contributed by atoms with Crippen molar-refractivity contribution < 1.29 is 9.18 Å². The highest BCUT2D eigenvalue weighted by Gasteiger charge is 2.30. The Morgan fingerprint density at radius 3 is 2.38 bits per heavy atom. The van der Waals surface area contributed by atoms with Gasteiger partial charge in [0.25, 0.3) is 5.91 Å². The van der Waals surface area contributed by atoms with Crippen molar-refractivity contribution in [1.29, 1.82) is 0 Å². The normalized spacial score (nSPS) is 15.4. The van der Waals surface area contributed by atoms with Crippen LogP contribution in [0.15, 0.2) is 66.0 Å². The summed E-state index contributed by atoms with van der Waals surface area (Å²) in [7, 11) is 0. The van der Waals surface area contributed by atoms with Crippen LogP contribution in [-0.4, -0.2) is 29.9 Å². The quantitative estimate of drug-likeness (QED) is 0.556. The van der Waals surface area contributed by atoms with Gasteiger partial charge in [-0.1, -0.05) is 23.8 Å². The SMILES string of the molecule is Cc1ccc(N(C(=O)c2ccc(F)cc2)C2CCN(Cc3cccs3)CC2)cc1. The molecule has 0 saturated carbocycles. The highest BCUT2D eigenvalue weighted by molar-refractivity contribution is 7.09. The second kappa shape index (κ2) is 8.89. The molecule has 3 nitrogen and oxygen atoms in total. The molecule has 0 bridgehead atoms. The summed E-state index contributed by atoms with van der Waals surface area (Å²) in [5.74, 6) is -0.393. The highest BCUT2D eigenvalue weighted by Crippen LogP contribution is 2.27. The third-order valence-electron chi connectivity index (χ3n) is 5.50. The molecule has 1 aliphatic heterocycles. The third kappa shape index (κ3) is 4.74. The van der Waals surface area contributed by atoms with Gasteiger partial charge in [0.2, 0.25) is 0 Å². The number of likely N-dealkylation sites (tertiary alicyclic amines) is 1. The summed E-state index contributed by atoms with van der Waals surface area (Å²) in [6, 6.07) is 18.3. The number of thiophene rings is 1. The Bertz CT molecular complexity index is 930. The van der Waals surface area contributed by atoms with Crippen molar-refractivity contribution in [2.45, 2.75) is 32.4 Å². The number of carbonyl (C=O) groups excluding carboxylic acids is 1. The van der Waals surface area contributed by atoms with Crippen molar-refractivity contribution in [2.24, 2.45) is 0 Å². The monoisotopic (exact) mass is 408 g/mol. The first-order valence-corrected chi connectivity index (χ1v) is 10.9. The van der Waals surface area contributed by atoms with Gasteiger partial charge in [-0.05, 0) is 67.6 Å². The number of carbonyl (C=O) groups is 1. The minimum Gasteiger partial charge on any atom is -0.305 e. The van der Waals surface area contributed by atoms with Gasteiger partial charge in [0, 0.05) is 41.8 Å². The maximum absolute atomic E-state index is 13.4. The average Bonchev–Trinajstić information content (AvgIpc) is 3.24. The standard InChI is InChI=1S/C24H25FN2OS/c1-18-4-10-21(11-5-18)27(24(28)19-6-8-20(25)9-7-19)22-12-14-26(15-13-22)17-23-3-2-16-29-23/h2-11,16,22H,12-15,17H2,1H3. The van der Waals surface area contributed by atoms with Gasteiger partial charge in [-0.15, -0.1) is 11.3 Å². The van der Waals surface area contributed by atoms with Gasteiger partial charge in [-0.3, -0.25) is 9.69 Å². The van der Waals surface area contributed by atoms with Crippen LogP contribution < -0.4 is 4.90 Å². The van der Waals surface area contributed by atoms with Gasteiger partial charge >= 0.3 is 0 Å². The number of anilines is 1. The lowest BCUT2D eigenvalue weighted by atomic mass is 10.0. The number of halogens is 1. The van der Waals surface area contributed by atoms with E-state index in [1.54, 1.807) is 23.5 Å². The predicted molar refractivity (Wildman–Crippen MR) is 117 cm³/mol. The van der Waals surface area contributed by atoms with Crippen molar-refractivity contribution >= 4 is 22.9 Å². The van der Waals surface area contributed by atoms with Crippen LogP contribution in [0.4, 0.5) is 10.1 Å². The minimum absolute atomic E-state index is 0.0643. The van der Waals surface area contributed by atoms with Crippen LogP contribution in [0.3, 0.4) is 0 Å². The Kier molecular flexibility index (Phi) is 6.07. The van der Waals surface area contributed by atoms with Crippen LogP contribution in [-0.2, 0) is 6.54 Å². The lowest BCUT2D eigenvalue weighted by molar-refractivity contribution is 0.0959. The van der Waals surface area contributed by atoms with Crippen LogP contribution >= 0.6 is 11.3 Å². The molecule has 29 heavy (non-hydrogen) atoms. The van der Waals surface area contributed by atoms with Gasteiger partial charge in [-0.25, -0.2) is 4.39 Å². The molecule has 0 N–H and O–H groups in total. The summed E-state index contributed by atoms with van der Waals surface area (Å²) in [5, 5.41) is 2.11. The van der Waals surface area contributed by atoms with E-state index in [4.69, 9.17) is 0 Å². The lowest BCUT2D eigenvalue weighted by Crippen LogP contribution is -2.47. The Morgan fingerprint density at radius 2 is 1.76 bits per heavy atom. The molecule has 1 aliphatic rings. The molecule has 2 heterocycles. The molecule has 0 aliphatic carbocycles. The van der Waals surface area contributed by atoms with Gasteiger partial charge in [-0.2, -0.15) is 0 Å². The van der Waals surface area contributed by atoms with Crippen molar-refractivity contribution in [1.82, 2.24) is 4.90 Å². The zero-order chi connectivity index (χ0) is 20.2. The van der Waals surface area contributed by atoms with E-state index in [-0.39, 0.29) is 17.8 Å². The molecular formula is C24H25FN2OS. The third-order valence-corrected chi connectivity index (χ3v) is 6.37. The van der Waals surface area contributed by atoms with E-state index >= 15 is 0 Å². The van der Waals surface area contributed by atoms with E-state index in [1.165, 1.54) is 17.0 Å². The topological polar surface area (TPSA) is 23.6 Å². The first-order valence-electron chi connectivity index (χ1n) is 10.0. The van der Waals surface area contributed by atoms with Gasteiger partial charge in [0.15, 0.2) is 0 Å². The Morgan fingerprint density at radius 1 is 1.07 bits per heavy atom. The van der Waals surface area contributed by atoms with Crippen molar-refractivity contribution in [3.63, 3.8) is 0 Å². The molecule has 0 spiro atoms. The largest absolute Gasteiger partial charge is 0.305 e. The van der Waals surface area contributed by atoms with Crippen LogP contribution in [0, 0.1) is 12.7 Å². The van der Waals surface area contributed by atoms with Gasteiger partial charge in [0.1, 0.15) is 5.82 Å². The fourth-order valence-corrected chi connectivity index (χ4v) is 4.64. The molecular weight excluding hydrogens is 383 g/mol. The fraction of sp³-hybridized carbons (Fsp3) is 0.292. The molecule has 3 aromatic rings. The molecule has 5 heteroatoms. The van der Waals surface area contributed by atoms with Crippen molar-refractivity contribution in [2.75, 3.05) is 18.0 Å². The number of aryl methyl sites for hydroxylation is 1. The molecule has 1 amide bonds. The number of hydrogen-bond donors (Lipinski definition) is 0. The zero-order valence-electron chi connectivity index (χ0n) is 16.6. The van der Waals surface area contributed by atoms with Crippen LogP contribution in [0.5, 0.6) is 0 Å². The smallest absolute Gasteiger partial charge is 0.258 e. The molecule has 0 unspecified atom stereocenters. The summed E-state index contributed by atoms with van der Waals surface area (Å²) in [5.41, 5.74) is 2.59. The van der Waals surface area contributed by atoms with Crippen LogP contribution in [0.1, 0.15) is 33.6 Å². The molecule has 4 rings (SSSR count). The van der Waals surface area contributed by atoms with Crippen LogP contribution in [0.2, 0.25) is 0 Å². The highest BCUT2D eigenvalue weighted by atomic mass is 32.1. The molecule has 150 valence electrons. The van der Waals surface area contributed by atoms with Crippen molar-refractivity contribution in [3.05, 3.63) is 87.9 Å². The van der Waals surface area contributed by atoms with E-state index in [1.807, 2.05) is 36.1 Å². The Labute approximate surface area is 175 Å². The number of piperidine rings is 1. The van der Waals surface area contributed by atoms with Crippen LogP contribution in [0.25, 0.3) is 0 Å². The maximum Gasteiger partial charge on any atom is 0.258 e. The number of amides is 1. The molecule has 1 aromatic heterocycles. The predicted octanol–water partition coefficient (Wildman–Crippen LogP) is 5.51. The molecule has 1 saturated heterocycles. The molecule has 1 fully saturated rings. The van der Waals surface area contributed by atoms with E-state index in [0.717, 1.165) is 43.7 Å². The average molecular weight is 409 g/mol. The number of rotatable bonds is 5. The molecule has 0 radical (unpaired) electrons. The van der Waals surface area contributed by atoms with Crippen molar-refractivity contribution in [3.8, 4) is 0 Å². The first-order chi connectivity index (χ1) is 14.1. The Hall–Kier alpha value is -2.50. The van der Waals surface area contributed by atoms with E-state index in [9.17, 15) is 9.18 Å². The number of hydrogen-bond acceptors (Lipinski definition) is 3. The zero-order valence-corrected chi connectivity index (χ0v) is 17.4. The summed E-state index contributed by atoms with van der Waals surface area (Å²) in [6.07, 6.45) is 1.85. The maximum atomic E-state index is 13.4. The summed E-state index contributed by atoms with van der Waals surface area (Å²) in [6.45, 7) is 4.93. The minimum atomic E-state index is -0.328. The summed E-state index contributed by atoms with van der Waals surface area (Å²) < 4.78 is 13.3. The van der Waals surface area contributed by atoms with Gasteiger partial charge < -0.3 is 4.90 Å². The molecule has 0 atom stereocenters. The Balaban J connectivity index is 1.53. The summed E-state index contributed by atoms with van der Waals surface area (Å²) in [4.78, 5) is 19.1. The number of benzene rings is 2. The number of nitrogens with zero attached hydrogens (tertiary/aromatic N) is 2. The van der Waals surface area contributed by atoms with E-state index in [2.05, 4.69) is 22.4 Å². The first kappa shape index (κ1) is 19.8. The second-order valence-corrected chi connectivity index (χ2v) is 8.64. The lowest BCUT2D eigenvalue weighted by Gasteiger charge is -2.38. The van der Waals surface area contributed by atoms with Gasteiger partial charge in [0.05, 0.1) is 0 Å². The summed E-state index contributed by atoms with van der Waals surface area (Å²) >= 11 is 1.79. The fourth-order valence-electron chi connectivity index (χ4n) is 3.89. The van der Waals surface area contributed by atoms with E-state index in [0.29, 0.717) is 5.56 Å². The second-order valence-electron chi connectivity index (χ2n) is 7.60. The molecule has 2 aromatic carbocycles.